The van der Waals surface area contributed by atoms with Crippen molar-refractivity contribution in [2.24, 2.45) is 5.92 Å². The number of hydrogen-bond acceptors (Lipinski definition) is 3. The van der Waals surface area contributed by atoms with Crippen molar-refractivity contribution in [1.29, 1.82) is 0 Å². The lowest BCUT2D eigenvalue weighted by molar-refractivity contribution is -0.142. The summed E-state index contributed by atoms with van der Waals surface area (Å²) >= 11 is 0. The number of nitrogens with zero attached hydrogens (tertiary/aromatic N) is 2. The zero-order valence-corrected chi connectivity index (χ0v) is 11.3. The van der Waals surface area contributed by atoms with Crippen molar-refractivity contribution in [2.45, 2.75) is 25.8 Å². The van der Waals surface area contributed by atoms with E-state index in [2.05, 4.69) is 0 Å². The number of hydrogen-bond donors (Lipinski definition) is 1. The van der Waals surface area contributed by atoms with Crippen molar-refractivity contribution in [3.8, 4) is 0 Å². The second-order valence-electron chi connectivity index (χ2n) is 4.71. The molecule has 0 spiro atoms. The van der Waals surface area contributed by atoms with Gasteiger partial charge >= 0.3 is 12.0 Å². The minimum absolute atomic E-state index is 0.206. The molecule has 2 unspecified atom stereocenters. The first-order chi connectivity index (χ1) is 8.51. The smallest absolute Gasteiger partial charge is 0.326 e. The maximum Gasteiger partial charge on any atom is 0.326 e. The Morgan fingerprint density at radius 1 is 1.56 bits per heavy atom. The third-order valence-electron chi connectivity index (χ3n) is 3.40. The number of urea groups is 1. The van der Waals surface area contributed by atoms with Gasteiger partial charge in [0.15, 0.2) is 0 Å². The highest BCUT2D eigenvalue weighted by Crippen LogP contribution is 2.18. The Morgan fingerprint density at radius 2 is 2.22 bits per heavy atom. The van der Waals surface area contributed by atoms with Crippen molar-refractivity contribution in [3.63, 3.8) is 0 Å². The molecule has 2 amide bonds. The van der Waals surface area contributed by atoms with Crippen LogP contribution < -0.4 is 0 Å². The number of carboxylic acids is 1. The number of likely N-dealkylation sites (N-methyl/N-ethyl adjacent to an activating group) is 1. The molecule has 0 aromatic rings. The summed E-state index contributed by atoms with van der Waals surface area (Å²) in [6, 6.07) is -0.957. The molecule has 6 nitrogen and oxygen atoms in total. The molecule has 0 aromatic heterocycles. The number of rotatable bonds is 5. The predicted molar refractivity (Wildman–Crippen MR) is 66.4 cm³/mol. The molecule has 0 bridgehead atoms. The summed E-state index contributed by atoms with van der Waals surface area (Å²) in [6.07, 6.45) is 1.32. The first-order valence-corrected chi connectivity index (χ1v) is 6.24. The Balaban J connectivity index is 2.57. The van der Waals surface area contributed by atoms with E-state index in [0.29, 0.717) is 32.0 Å². The SMILES string of the molecule is CCC(C(=O)O)N(C)C(=O)N1CCC(COC)C1. The molecule has 1 heterocycles. The van der Waals surface area contributed by atoms with Gasteiger partial charge in [0, 0.05) is 33.2 Å². The third kappa shape index (κ3) is 3.35. The molecule has 1 aliphatic rings. The Labute approximate surface area is 107 Å². The topological polar surface area (TPSA) is 70.1 Å². The van der Waals surface area contributed by atoms with Crippen LogP contribution in [0.15, 0.2) is 0 Å². The fraction of sp³-hybridized carbons (Fsp3) is 0.833. The predicted octanol–water partition coefficient (Wildman–Crippen LogP) is 0.870. The summed E-state index contributed by atoms with van der Waals surface area (Å²) in [5.41, 5.74) is 0. The second-order valence-corrected chi connectivity index (χ2v) is 4.71. The standard InChI is InChI=1S/C12H22N2O4/c1-4-10(11(15)16)13(2)12(17)14-6-5-9(7-14)8-18-3/h9-10H,4-8H2,1-3H3,(H,15,16). The molecule has 2 atom stereocenters. The lowest BCUT2D eigenvalue weighted by Gasteiger charge is -2.28. The van der Waals surface area contributed by atoms with E-state index in [1.165, 1.54) is 4.90 Å². The van der Waals surface area contributed by atoms with E-state index in [0.717, 1.165) is 6.42 Å². The lowest BCUT2D eigenvalue weighted by Crippen LogP contribution is -2.48. The molecule has 18 heavy (non-hydrogen) atoms. The van der Waals surface area contributed by atoms with Crippen molar-refractivity contribution in [2.75, 3.05) is 33.9 Å². The highest BCUT2D eigenvalue weighted by Gasteiger charge is 2.32. The van der Waals surface area contributed by atoms with Gasteiger partial charge in [-0.3, -0.25) is 0 Å². The number of aliphatic carboxylic acids is 1. The summed E-state index contributed by atoms with van der Waals surface area (Å²) in [7, 11) is 3.20. The number of methoxy groups -OCH3 is 1. The normalized spacial score (nSPS) is 20.8. The van der Waals surface area contributed by atoms with Gasteiger partial charge in [0.1, 0.15) is 6.04 Å². The first kappa shape index (κ1) is 14.8. The third-order valence-corrected chi connectivity index (χ3v) is 3.40. The van der Waals surface area contributed by atoms with E-state index in [9.17, 15) is 9.59 Å². The fourth-order valence-electron chi connectivity index (χ4n) is 2.35. The minimum atomic E-state index is -0.957. The Morgan fingerprint density at radius 3 is 2.72 bits per heavy atom. The van der Waals surface area contributed by atoms with E-state index in [1.807, 2.05) is 0 Å². The van der Waals surface area contributed by atoms with Crippen molar-refractivity contribution in [3.05, 3.63) is 0 Å². The molecule has 0 saturated carbocycles. The van der Waals surface area contributed by atoms with Crippen LogP contribution in [-0.2, 0) is 9.53 Å². The summed E-state index contributed by atoms with van der Waals surface area (Å²) in [5, 5.41) is 9.04. The number of likely N-dealkylation sites (tertiary alicyclic amines) is 1. The van der Waals surface area contributed by atoms with E-state index in [-0.39, 0.29) is 6.03 Å². The zero-order valence-electron chi connectivity index (χ0n) is 11.3. The van der Waals surface area contributed by atoms with Crippen molar-refractivity contribution >= 4 is 12.0 Å². The fourth-order valence-corrected chi connectivity index (χ4v) is 2.35. The molecule has 1 rings (SSSR count). The molecule has 1 aliphatic heterocycles. The molecular weight excluding hydrogens is 236 g/mol. The van der Waals surface area contributed by atoms with Crippen LogP contribution in [0.25, 0.3) is 0 Å². The number of carbonyl (C=O) groups is 2. The van der Waals surface area contributed by atoms with E-state index >= 15 is 0 Å². The van der Waals surface area contributed by atoms with Gasteiger partial charge in [0.2, 0.25) is 0 Å². The van der Waals surface area contributed by atoms with Crippen LogP contribution in [-0.4, -0.2) is 66.8 Å². The summed E-state index contributed by atoms with van der Waals surface area (Å²) in [5.74, 6) is -0.599. The maximum atomic E-state index is 12.1. The Bertz CT molecular complexity index is 308. The molecule has 1 N–H and O–H groups in total. The van der Waals surface area contributed by atoms with E-state index < -0.39 is 12.0 Å². The molecule has 0 aromatic carbocycles. The Kier molecular flexibility index (Phi) is 5.40. The van der Waals surface area contributed by atoms with Gasteiger partial charge in [0.25, 0.3) is 0 Å². The van der Waals surface area contributed by atoms with Crippen LogP contribution in [0.3, 0.4) is 0 Å². The Hall–Kier alpha value is -1.30. The molecule has 1 saturated heterocycles. The number of carboxylic acid groups (broad SMARTS) is 1. The summed E-state index contributed by atoms with van der Waals surface area (Å²) in [4.78, 5) is 26.2. The molecule has 104 valence electrons. The molecule has 0 radical (unpaired) electrons. The zero-order chi connectivity index (χ0) is 13.7. The van der Waals surface area contributed by atoms with Gasteiger partial charge in [-0.05, 0) is 12.8 Å². The van der Waals surface area contributed by atoms with Crippen molar-refractivity contribution < 1.29 is 19.4 Å². The lowest BCUT2D eigenvalue weighted by atomic mass is 10.1. The van der Waals surface area contributed by atoms with Crippen LogP contribution in [0.1, 0.15) is 19.8 Å². The van der Waals surface area contributed by atoms with E-state index in [4.69, 9.17) is 9.84 Å². The highest BCUT2D eigenvalue weighted by molar-refractivity contribution is 5.82. The highest BCUT2D eigenvalue weighted by atomic mass is 16.5. The second kappa shape index (κ2) is 6.58. The largest absolute Gasteiger partial charge is 0.480 e. The maximum absolute atomic E-state index is 12.1. The monoisotopic (exact) mass is 258 g/mol. The van der Waals surface area contributed by atoms with Gasteiger partial charge in [-0.25, -0.2) is 9.59 Å². The van der Waals surface area contributed by atoms with Crippen LogP contribution in [0.4, 0.5) is 4.79 Å². The number of ether oxygens (including phenoxy) is 1. The van der Waals surface area contributed by atoms with Gasteiger partial charge in [-0.15, -0.1) is 0 Å². The van der Waals surface area contributed by atoms with Gasteiger partial charge in [-0.2, -0.15) is 0 Å². The molecular formula is C12H22N2O4. The summed E-state index contributed by atoms with van der Waals surface area (Å²) < 4.78 is 5.08. The molecule has 6 heteroatoms. The minimum Gasteiger partial charge on any atom is -0.480 e. The van der Waals surface area contributed by atoms with Gasteiger partial charge in [-0.1, -0.05) is 6.92 Å². The van der Waals surface area contributed by atoms with Gasteiger partial charge in [0.05, 0.1) is 6.61 Å². The van der Waals surface area contributed by atoms with Crippen LogP contribution in [0, 0.1) is 5.92 Å². The van der Waals surface area contributed by atoms with Crippen LogP contribution in [0.2, 0.25) is 0 Å². The van der Waals surface area contributed by atoms with Crippen LogP contribution >= 0.6 is 0 Å². The van der Waals surface area contributed by atoms with E-state index in [1.54, 1.807) is 26.0 Å². The van der Waals surface area contributed by atoms with Crippen LogP contribution in [0.5, 0.6) is 0 Å². The summed E-state index contributed by atoms with van der Waals surface area (Å²) in [6.45, 7) is 3.73. The van der Waals surface area contributed by atoms with Crippen molar-refractivity contribution in [1.82, 2.24) is 9.80 Å². The number of carbonyl (C=O) groups excluding carboxylic acids is 1. The molecule has 1 fully saturated rings. The average Bonchev–Trinajstić information content (AvgIpc) is 2.77. The van der Waals surface area contributed by atoms with Gasteiger partial charge < -0.3 is 19.6 Å². The average molecular weight is 258 g/mol. The quantitative estimate of drug-likeness (QED) is 0.794. The molecule has 0 aliphatic carbocycles. The first-order valence-electron chi connectivity index (χ1n) is 6.24. The number of amides is 2.